The fourth-order valence-corrected chi connectivity index (χ4v) is 3.58. The van der Waals surface area contributed by atoms with Crippen LogP contribution < -0.4 is 5.32 Å². The Morgan fingerprint density at radius 1 is 1.30 bits per heavy atom. The van der Waals surface area contributed by atoms with Crippen molar-refractivity contribution in [3.63, 3.8) is 0 Å². The zero-order valence-electron chi connectivity index (χ0n) is 13.1. The van der Waals surface area contributed by atoms with Gasteiger partial charge in [-0.05, 0) is 30.5 Å². The third kappa shape index (κ3) is 4.04. The van der Waals surface area contributed by atoms with Gasteiger partial charge in [-0.3, -0.25) is 0 Å². The van der Waals surface area contributed by atoms with Crippen molar-refractivity contribution < 1.29 is 8.42 Å². The summed E-state index contributed by atoms with van der Waals surface area (Å²) < 4.78 is 26.5. The topological polar surface area (TPSA) is 49.4 Å². The lowest BCUT2D eigenvalue weighted by Gasteiger charge is -2.19. The van der Waals surface area contributed by atoms with Crippen LogP contribution in [-0.4, -0.2) is 32.4 Å². The van der Waals surface area contributed by atoms with Gasteiger partial charge in [0.2, 0.25) is 10.0 Å². The molecule has 0 bridgehead atoms. The number of rotatable bonds is 7. The van der Waals surface area contributed by atoms with E-state index in [1.54, 1.807) is 13.1 Å². The average Bonchev–Trinajstić information content (AvgIpc) is 2.37. The molecule has 0 unspecified atom stereocenters. The zero-order valence-corrected chi connectivity index (χ0v) is 13.9. The summed E-state index contributed by atoms with van der Waals surface area (Å²) in [6, 6.07) is 5.86. The van der Waals surface area contributed by atoms with Crippen LogP contribution in [0.4, 0.5) is 0 Å². The molecule has 0 saturated carbocycles. The summed E-state index contributed by atoms with van der Waals surface area (Å²) in [4.78, 5) is 0.413. The highest BCUT2D eigenvalue weighted by Crippen LogP contribution is 2.22. The first-order valence-electron chi connectivity index (χ1n) is 7.09. The molecule has 0 spiro atoms. The molecule has 1 aromatic carbocycles. The van der Waals surface area contributed by atoms with E-state index >= 15 is 0 Å². The molecule has 0 heterocycles. The van der Waals surface area contributed by atoms with Crippen molar-refractivity contribution in [3.8, 4) is 0 Å². The van der Waals surface area contributed by atoms with Gasteiger partial charge in [-0.25, -0.2) is 12.7 Å². The number of sulfonamides is 1. The molecular weight excluding hydrogens is 272 g/mol. The summed E-state index contributed by atoms with van der Waals surface area (Å²) in [7, 11) is -1.75. The lowest BCUT2D eigenvalue weighted by atomic mass is 10.1. The van der Waals surface area contributed by atoms with Crippen molar-refractivity contribution in [1.82, 2.24) is 9.62 Å². The van der Waals surface area contributed by atoms with Crippen LogP contribution in [0.25, 0.3) is 0 Å². The largest absolute Gasteiger partial charge is 0.310 e. The van der Waals surface area contributed by atoms with Crippen molar-refractivity contribution in [1.29, 1.82) is 0 Å². The standard InChI is InChI=1S/C15H26N2O2S/c1-6-10-17(5)20(18,19)15-9-7-8-14(13(15)4)11-16-12(2)3/h7-9,12,16H,6,10-11H2,1-5H3. The Morgan fingerprint density at radius 2 is 1.95 bits per heavy atom. The fraction of sp³-hybridized carbons (Fsp3) is 0.600. The maximum absolute atomic E-state index is 12.5. The molecule has 0 atom stereocenters. The molecule has 114 valence electrons. The molecule has 0 amide bonds. The van der Waals surface area contributed by atoms with Gasteiger partial charge < -0.3 is 5.32 Å². The summed E-state index contributed by atoms with van der Waals surface area (Å²) in [5, 5.41) is 3.33. The summed E-state index contributed by atoms with van der Waals surface area (Å²) in [6.45, 7) is 9.22. The van der Waals surface area contributed by atoms with Crippen LogP contribution >= 0.6 is 0 Å². The Labute approximate surface area is 123 Å². The van der Waals surface area contributed by atoms with Gasteiger partial charge in [-0.1, -0.05) is 32.9 Å². The average molecular weight is 298 g/mol. The fourth-order valence-electron chi connectivity index (χ4n) is 2.05. The first kappa shape index (κ1) is 17.1. The Hall–Kier alpha value is -0.910. The molecule has 0 radical (unpaired) electrons. The molecule has 4 nitrogen and oxygen atoms in total. The van der Waals surface area contributed by atoms with E-state index in [1.807, 2.05) is 26.0 Å². The van der Waals surface area contributed by atoms with Crippen LogP contribution in [0, 0.1) is 6.92 Å². The summed E-state index contributed by atoms with van der Waals surface area (Å²) in [6.07, 6.45) is 0.809. The van der Waals surface area contributed by atoms with E-state index in [-0.39, 0.29) is 0 Å². The van der Waals surface area contributed by atoms with Crippen LogP contribution in [0.15, 0.2) is 23.1 Å². The van der Waals surface area contributed by atoms with Crippen LogP contribution in [0.1, 0.15) is 38.3 Å². The lowest BCUT2D eigenvalue weighted by molar-refractivity contribution is 0.468. The minimum absolute atomic E-state index is 0.373. The Morgan fingerprint density at radius 3 is 2.50 bits per heavy atom. The monoisotopic (exact) mass is 298 g/mol. The third-order valence-electron chi connectivity index (χ3n) is 3.32. The maximum atomic E-state index is 12.5. The molecule has 1 rings (SSSR count). The molecule has 0 aliphatic heterocycles. The molecule has 0 aliphatic rings. The zero-order chi connectivity index (χ0) is 15.3. The molecule has 0 aliphatic carbocycles. The predicted molar refractivity (Wildman–Crippen MR) is 83.3 cm³/mol. The summed E-state index contributed by atoms with van der Waals surface area (Å²) >= 11 is 0. The van der Waals surface area contributed by atoms with E-state index in [2.05, 4.69) is 19.2 Å². The second-order valence-electron chi connectivity index (χ2n) is 5.40. The van der Waals surface area contributed by atoms with E-state index in [9.17, 15) is 8.42 Å². The Bertz CT molecular complexity index is 539. The number of benzene rings is 1. The van der Waals surface area contributed by atoms with Crippen molar-refractivity contribution in [2.24, 2.45) is 0 Å². The minimum Gasteiger partial charge on any atom is -0.310 e. The Kier molecular flexibility index (Phi) is 6.17. The Balaban J connectivity index is 3.10. The molecule has 0 saturated heterocycles. The van der Waals surface area contributed by atoms with Crippen LogP contribution in [0.5, 0.6) is 0 Å². The van der Waals surface area contributed by atoms with Gasteiger partial charge in [-0.2, -0.15) is 0 Å². The molecule has 1 N–H and O–H groups in total. The quantitative estimate of drug-likeness (QED) is 0.841. The molecule has 20 heavy (non-hydrogen) atoms. The van der Waals surface area contributed by atoms with E-state index < -0.39 is 10.0 Å². The highest BCUT2D eigenvalue weighted by atomic mass is 32.2. The maximum Gasteiger partial charge on any atom is 0.243 e. The van der Waals surface area contributed by atoms with Crippen LogP contribution in [0.2, 0.25) is 0 Å². The van der Waals surface area contributed by atoms with Gasteiger partial charge in [0.05, 0.1) is 4.90 Å². The van der Waals surface area contributed by atoms with Crippen molar-refractivity contribution in [2.75, 3.05) is 13.6 Å². The van der Waals surface area contributed by atoms with Gasteiger partial charge in [0, 0.05) is 26.2 Å². The minimum atomic E-state index is -3.39. The second-order valence-corrected chi connectivity index (χ2v) is 7.42. The summed E-state index contributed by atoms with van der Waals surface area (Å²) in [5.74, 6) is 0. The van der Waals surface area contributed by atoms with E-state index in [0.29, 0.717) is 24.0 Å². The molecule has 0 fully saturated rings. The van der Waals surface area contributed by atoms with Crippen LogP contribution in [0.3, 0.4) is 0 Å². The summed E-state index contributed by atoms with van der Waals surface area (Å²) in [5.41, 5.74) is 1.87. The third-order valence-corrected chi connectivity index (χ3v) is 5.33. The van der Waals surface area contributed by atoms with Gasteiger partial charge in [0.25, 0.3) is 0 Å². The predicted octanol–water partition coefficient (Wildman–Crippen LogP) is 2.52. The number of nitrogens with zero attached hydrogens (tertiary/aromatic N) is 1. The first-order chi connectivity index (χ1) is 9.30. The lowest BCUT2D eigenvalue weighted by Crippen LogP contribution is -2.29. The van der Waals surface area contributed by atoms with Crippen LogP contribution in [-0.2, 0) is 16.6 Å². The van der Waals surface area contributed by atoms with Crippen molar-refractivity contribution >= 4 is 10.0 Å². The number of hydrogen-bond donors (Lipinski definition) is 1. The van der Waals surface area contributed by atoms with E-state index in [4.69, 9.17) is 0 Å². The molecule has 5 heteroatoms. The normalized spacial score (nSPS) is 12.3. The highest BCUT2D eigenvalue weighted by molar-refractivity contribution is 7.89. The van der Waals surface area contributed by atoms with Gasteiger partial charge >= 0.3 is 0 Å². The molecule has 0 aromatic heterocycles. The first-order valence-corrected chi connectivity index (χ1v) is 8.53. The van der Waals surface area contributed by atoms with Gasteiger partial charge in [0.1, 0.15) is 0 Å². The van der Waals surface area contributed by atoms with Gasteiger partial charge in [0.15, 0.2) is 0 Å². The van der Waals surface area contributed by atoms with Gasteiger partial charge in [-0.15, -0.1) is 0 Å². The number of nitrogens with one attached hydrogen (secondary N) is 1. The van der Waals surface area contributed by atoms with E-state index in [1.165, 1.54) is 4.31 Å². The van der Waals surface area contributed by atoms with Crippen molar-refractivity contribution in [2.45, 2.75) is 51.6 Å². The second kappa shape index (κ2) is 7.20. The highest BCUT2D eigenvalue weighted by Gasteiger charge is 2.22. The molecule has 1 aromatic rings. The smallest absolute Gasteiger partial charge is 0.243 e. The SMILES string of the molecule is CCCN(C)S(=O)(=O)c1cccc(CNC(C)C)c1C. The van der Waals surface area contributed by atoms with E-state index in [0.717, 1.165) is 17.5 Å². The molecular formula is C15H26N2O2S. The number of hydrogen-bond acceptors (Lipinski definition) is 3. The van der Waals surface area contributed by atoms with Crippen molar-refractivity contribution in [3.05, 3.63) is 29.3 Å².